The van der Waals surface area contributed by atoms with Crippen molar-refractivity contribution in [2.45, 2.75) is 24.9 Å². The summed E-state index contributed by atoms with van der Waals surface area (Å²) in [5, 5.41) is 7.23. The fourth-order valence-corrected chi connectivity index (χ4v) is 3.20. The molecule has 22 heavy (non-hydrogen) atoms. The molecule has 0 unspecified atom stereocenters. The van der Waals surface area contributed by atoms with E-state index in [0.717, 1.165) is 25.4 Å². The molecule has 0 radical (unpaired) electrons. The number of piperidine rings is 1. The maximum absolute atomic E-state index is 5.30. The lowest BCUT2D eigenvalue weighted by atomic mass is 9.86. The number of ether oxygens (including phenoxy) is 1. The van der Waals surface area contributed by atoms with Crippen molar-refractivity contribution in [2.24, 2.45) is 0 Å². The van der Waals surface area contributed by atoms with E-state index >= 15 is 0 Å². The van der Waals surface area contributed by atoms with Crippen LogP contribution < -0.4 is 15.4 Å². The molecular weight excluding hydrogens is 272 g/mol. The van der Waals surface area contributed by atoms with Gasteiger partial charge in [-0.05, 0) is 36.2 Å². The summed E-state index contributed by atoms with van der Waals surface area (Å²) >= 11 is 0. The van der Waals surface area contributed by atoms with Gasteiger partial charge in [0, 0.05) is 25.0 Å². The Kier molecular flexibility index (Phi) is 5.09. The third-order valence-corrected chi connectivity index (χ3v) is 4.41. The van der Waals surface area contributed by atoms with Crippen molar-refractivity contribution in [3.63, 3.8) is 0 Å². The number of hydrogen-bond acceptors (Lipinski definition) is 3. The monoisotopic (exact) mass is 296 g/mol. The second-order valence-corrected chi connectivity index (χ2v) is 5.85. The van der Waals surface area contributed by atoms with Crippen molar-refractivity contribution >= 4 is 0 Å². The van der Waals surface area contributed by atoms with Crippen LogP contribution in [0.15, 0.2) is 54.6 Å². The fourth-order valence-electron chi connectivity index (χ4n) is 3.20. The van der Waals surface area contributed by atoms with Crippen molar-refractivity contribution in [1.82, 2.24) is 10.6 Å². The molecule has 0 aliphatic carbocycles. The molecule has 2 N–H and O–H groups in total. The van der Waals surface area contributed by atoms with Crippen LogP contribution in [-0.2, 0) is 6.54 Å². The van der Waals surface area contributed by atoms with Crippen LogP contribution in [0, 0.1) is 0 Å². The van der Waals surface area contributed by atoms with Gasteiger partial charge in [0.15, 0.2) is 0 Å². The zero-order valence-corrected chi connectivity index (χ0v) is 13.1. The lowest BCUT2D eigenvalue weighted by molar-refractivity contribution is 0.342. The smallest absolute Gasteiger partial charge is 0.119 e. The predicted octanol–water partition coefficient (Wildman–Crippen LogP) is 2.93. The van der Waals surface area contributed by atoms with Gasteiger partial charge in [-0.3, -0.25) is 0 Å². The summed E-state index contributed by atoms with van der Waals surface area (Å²) in [4.78, 5) is 0. The number of benzene rings is 2. The molecule has 2 aromatic rings. The van der Waals surface area contributed by atoms with E-state index in [1.807, 2.05) is 12.1 Å². The van der Waals surface area contributed by atoms with Gasteiger partial charge in [-0.1, -0.05) is 42.5 Å². The minimum absolute atomic E-state index is 0.461. The summed E-state index contributed by atoms with van der Waals surface area (Å²) < 4.78 is 5.30. The van der Waals surface area contributed by atoms with E-state index in [9.17, 15) is 0 Å². The quantitative estimate of drug-likeness (QED) is 0.890. The van der Waals surface area contributed by atoms with Crippen LogP contribution in [-0.4, -0.2) is 26.2 Å². The molecule has 1 aliphatic heterocycles. The molecule has 116 valence electrons. The molecule has 2 aromatic carbocycles. The fraction of sp³-hybridized carbons (Fsp3) is 0.368. The van der Waals surface area contributed by atoms with Crippen molar-refractivity contribution in [3.8, 4) is 5.75 Å². The van der Waals surface area contributed by atoms with Gasteiger partial charge in [0.1, 0.15) is 5.75 Å². The Morgan fingerprint density at radius 3 is 2.82 bits per heavy atom. The van der Waals surface area contributed by atoms with E-state index in [1.165, 1.54) is 17.5 Å². The van der Waals surface area contributed by atoms with Crippen LogP contribution in [0.1, 0.15) is 23.5 Å². The van der Waals surface area contributed by atoms with Crippen LogP contribution >= 0.6 is 0 Å². The third-order valence-electron chi connectivity index (χ3n) is 4.41. The molecule has 2 atom stereocenters. The number of nitrogens with one attached hydrogen (secondary N) is 2. The molecule has 1 fully saturated rings. The third kappa shape index (κ3) is 3.67. The summed E-state index contributed by atoms with van der Waals surface area (Å²) in [5.74, 6) is 1.49. The zero-order valence-electron chi connectivity index (χ0n) is 13.1. The Balaban J connectivity index is 1.66. The average Bonchev–Trinajstić information content (AvgIpc) is 2.61. The van der Waals surface area contributed by atoms with Crippen LogP contribution in [0.5, 0.6) is 5.75 Å². The number of methoxy groups -OCH3 is 1. The minimum atomic E-state index is 0.461. The molecule has 0 bridgehead atoms. The van der Waals surface area contributed by atoms with Gasteiger partial charge >= 0.3 is 0 Å². The van der Waals surface area contributed by atoms with Gasteiger partial charge in [-0.15, -0.1) is 0 Å². The maximum Gasteiger partial charge on any atom is 0.119 e. The topological polar surface area (TPSA) is 33.3 Å². The maximum atomic E-state index is 5.30. The van der Waals surface area contributed by atoms with E-state index in [1.54, 1.807) is 7.11 Å². The van der Waals surface area contributed by atoms with Crippen molar-refractivity contribution in [3.05, 3.63) is 65.7 Å². The molecule has 1 aliphatic rings. The largest absolute Gasteiger partial charge is 0.497 e. The summed E-state index contributed by atoms with van der Waals surface area (Å²) in [6, 6.07) is 19.6. The second kappa shape index (κ2) is 7.43. The van der Waals surface area contributed by atoms with Crippen LogP contribution in [0.3, 0.4) is 0 Å². The SMILES string of the molecule is COc1cccc(CN[C@H]2CNCC[C@@H]2c2ccccc2)c1. The van der Waals surface area contributed by atoms with Crippen molar-refractivity contribution in [1.29, 1.82) is 0 Å². The van der Waals surface area contributed by atoms with Gasteiger partial charge in [-0.25, -0.2) is 0 Å². The molecule has 1 heterocycles. The van der Waals surface area contributed by atoms with Crippen LogP contribution in [0.2, 0.25) is 0 Å². The highest BCUT2D eigenvalue weighted by Crippen LogP contribution is 2.25. The molecule has 0 saturated carbocycles. The summed E-state index contributed by atoms with van der Waals surface area (Å²) in [6.07, 6.45) is 1.18. The highest BCUT2D eigenvalue weighted by atomic mass is 16.5. The first-order valence-corrected chi connectivity index (χ1v) is 7.99. The lowest BCUT2D eigenvalue weighted by Crippen LogP contribution is -2.47. The van der Waals surface area contributed by atoms with Crippen LogP contribution in [0.25, 0.3) is 0 Å². The van der Waals surface area contributed by atoms with Gasteiger partial charge in [0.2, 0.25) is 0 Å². The Bertz CT molecular complexity index is 585. The van der Waals surface area contributed by atoms with Gasteiger partial charge < -0.3 is 15.4 Å². The van der Waals surface area contributed by atoms with Gasteiger partial charge in [-0.2, -0.15) is 0 Å². The summed E-state index contributed by atoms with van der Waals surface area (Å²) in [7, 11) is 1.71. The standard InChI is InChI=1S/C19H24N2O/c1-22-17-9-5-6-15(12-17)13-21-19-14-20-11-10-18(19)16-7-3-2-4-8-16/h2-9,12,18-21H,10-11,13-14H2,1H3/t18-,19+/m1/s1. The first-order valence-electron chi connectivity index (χ1n) is 7.99. The molecule has 0 spiro atoms. The lowest BCUT2D eigenvalue weighted by Gasteiger charge is -2.33. The molecule has 3 nitrogen and oxygen atoms in total. The average molecular weight is 296 g/mol. The minimum Gasteiger partial charge on any atom is -0.497 e. The molecule has 1 saturated heterocycles. The van der Waals surface area contributed by atoms with Gasteiger partial charge in [0.25, 0.3) is 0 Å². The van der Waals surface area contributed by atoms with Gasteiger partial charge in [0.05, 0.1) is 7.11 Å². The Morgan fingerprint density at radius 1 is 1.14 bits per heavy atom. The molecular formula is C19H24N2O. The highest BCUT2D eigenvalue weighted by Gasteiger charge is 2.25. The molecule has 0 amide bonds. The zero-order chi connectivity index (χ0) is 15.2. The summed E-state index contributed by atoms with van der Waals surface area (Å²) in [5.41, 5.74) is 2.70. The van der Waals surface area contributed by atoms with E-state index in [4.69, 9.17) is 4.74 Å². The molecule has 3 heteroatoms. The van der Waals surface area contributed by atoms with Crippen LogP contribution in [0.4, 0.5) is 0 Å². The van der Waals surface area contributed by atoms with E-state index < -0.39 is 0 Å². The summed E-state index contributed by atoms with van der Waals surface area (Å²) in [6.45, 7) is 2.98. The molecule has 0 aromatic heterocycles. The van der Waals surface area contributed by atoms with E-state index in [0.29, 0.717) is 12.0 Å². The Morgan fingerprint density at radius 2 is 2.00 bits per heavy atom. The van der Waals surface area contributed by atoms with Crippen molar-refractivity contribution < 1.29 is 4.74 Å². The Labute approximate surface area is 132 Å². The highest BCUT2D eigenvalue weighted by molar-refractivity contribution is 5.28. The first-order chi connectivity index (χ1) is 10.9. The normalized spacial score (nSPS) is 21.5. The Hall–Kier alpha value is -1.84. The van der Waals surface area contributed by atoms with Crippen molar-refractivity contribution in [2.75, 3.05) is 20.2 Å². The predicted molar refractivity (Wildman–Crippen MR) is 90.3 cm³/mol. The second-order valence-electron chi connectivity index (χ2n) is 5.85. The number of hydrogen-bond donors (Lipinski definition) is 2. The number of rotatable bonds is 5. The van der Waals surface area contributed by atoms with E-state index in [2.05, 4.69) is 53.1 Å². The van der Waals surface area contributed by atoms with E-state index in [-0.39, 0.29) is 0 Å². The first kappa shape index (κ1) is 15.1. The molecule has 3 rings (SSSR count).